The Hall–Kier alpha value is -1.81. The second kappa shape index (κ2) is 6.09. The molecule has 4 nitrogen and oxygen atoms in total. The molecule has 1 N–H and O–H groups in total. The van der Waals surface area contributed by atoms with E-state index in [0.29, 0.717) is 5.92 Å². The van der Waals surface area contributed by atoms with Crippen molar-refractivity contribution in [3.05, 3.63) is 53.9 Å². The van der Waals surface area contributed by atoms with Gasteiger partial charge in [-0.3, -0.25) is 4.98 Å². The summed E-state index contributed by atoms with van der Waals surface area (Å²) in [5.41, 5.74) is 3.69. The van der Waals surface area contributed by atoms with Crippen molar-refractivity contribution in [3.63, 3.8) is 0 Å². The molecule has 2 unspecified atom stereocenters. The van der Waals surface area contributed by atoms with Gasteiger partial charge in [0.05, 0.1) is 11.7 Å². The molecule has 2 heterocycles. The number of nitrogens with zero attached hydrogens (tertiary/aromatic N) is 3. The van der Waals surface area contributed by atoms with Gasteiger partial charge in [0.25, 0.3) is 0 Å². The van der Waals surface area contributed by atoms with Crippen LogP contribution in [0, 0.1) is 0 Å². The molecular weight excluding hydrogens is 248 g/mol. The highest BCUT2D eigenvalue weighted by atomic mass is 15.0. The van der Waals surface area contributed by atoms with Crippen LogP contribution in [-0.4, -0.2) is 21.5 Å². The summed E-state index contributed by atoms with van der Waals surface area (Å²) in [7, 11) is 0. The normalized spacial score (nSPS) is 19.4. The van der Waals surface area contributed by atoms with Gasteiger partial charge in [0, 0.05) is 24.0 Å². The summed E-state index contributed by atoms with van der Waals surface area (Å²) in [5, 5.41) is 3.58. The van der Waals surface area contributed by atoms with Gasteiger partial charge in [-0.1, -0.05) is 13.0 Å². The maximum Gasteiger partial charge on any atom is 0.115 e. The van der Waals surface area contributed by atoms with Gasteiger partial charge in [0.1, 0.15) is 6.33 Å². The highest BCUT2D eigenvalue weighted by Gasteiger charge is 2.30. The van der Waals surface area contributed by atoms with E-state index >= 15 is 0 Å². The number of aromatic nitrogens is 3. The van der Waals surface area contributed by atoms with Crippen molar-refractivity contribution >= 4 is 0 Å². The fraction of sp³-hybridized carbons (Fsp3) is 0.438. The maximum absolute atomic E-state index is 4.65. The second-order valence-electron chi connectivity index (χ2n) is 5.22. The van der Waals surface area contributed by atoms with E-state index in [1.165, 1.54) is 17.7 Å². The van der Waals surface area contributed by atoms with E-state index in [-0.39, 0.29) is 6.04 Å². The number of hydrogen-bond donors (Lipinski definition) is 1. The molecule has 0 saturated heterocycles. The number of nitrogens with one attached hydrogen (secondary N) is 1. The Kier molecular flexibility index (Phi) is 4.02. The topological polar surface area (TPSA) is 50.7 Å². The lowest BCUT2D eigenvalue weighted by Crippen LogP contribution is -2.30. The third-order valence-electron chi connectivity index (χ3n) is 3.99. The Morgan fingerprint density at radius 3 is 3.05 bits per heavy atom. The number of fused-ring (bicyclic) bond motifs is 1. The fourth-order valence-electron chi connectivity index (χ4n) is 3.13. The SMILES string of the molecule is CCNC(c1ccncn1)C1CCCc2cccnc21. The van der Waals surface area contributed by atoms with E-state index in [1.54, 1.807) is 6.33 Å². The molecule has 4 heteroatoms. The van der Waals surface area contributed by atoms with Crippen molar-refractivity contribution in [2.45, 2.75) is 38.1 Å². The molecule has 1 aliphatic carbocycles. The van der Waals surface area contributed by atoms with E-state index in [4.69, 9.17) is 0 Å². The van der Waals surface area contributed by atoms with Crippen LogP contribution in [0.2, 0.25) is 0 Å². The molecule has 0 saturated carbocycles. The first-order chi connectivity index (χ1) is 9.90. The molecule has 0 aliphatic heterocycles. The first-order valence-electron chi connectivity index (χ1n) is 7.33. The lowest BCUT2D eigenvalue weighted by Gasteiger charge is -2.31. The van der Waals surface area contributed by atoms with Crippen molar-refractivity contribution < 1.29 is 0 Å². The zero-order valence-corrected chi connectivity index (χ0v) is 11.8. The Morgan fingerprint density at radius 1 is 1.30 bits per heavy atom. The van der Waals surface area contributed by atoms with Gasteiger partial charge in [0.2, 0.25) is 0 Å². The van der Waals surface area contributed by atoms with E-state index < -0.39 is 0 Å². The lowest BCUT2D eigenvalue weighted by molar-refractivity contribution is 0.393. The van der Waals surface area contributed by atoms with Crippen molar-refractivity contribution in [2.24, 2.45) is 0 Å². The zero-order chi connectivity index (χ0) is 13.8. The Bertz CT molecular complexity index is 555. The minimum absolute atomic E-state index is 0.219. The van der Waals surface area contributed by atoms with Gasteiger partial charge in [0.15, 0.2) is 0 Å². The van der Waals surface area contributed by atoms with Crippen LogP contribution < -0.4 is 5.32 Å². The standard InChI is InChI=1S/C16H20N4/c1-2-18-16(14-8-10-17-11-20-14)13-7-3-5-12-6-4-9-19-15(12)13/h4,6,8-11,13,16,18H,2-3,5,7H2,1H3. The van der Waals surface area contributed by atoms with Crippen LogP contribution >= 0.6 is 0 Å². The molecule has 104 valence electrons. The van der Waals surface area contributed by atoms with Gasteiger partial charge < -0.3 is 5.32 Å². The van der Waals surface area contributed by atoms with Crippen molar-refractivity contribution in [1.29, 1.82) is 0 Å². The molecule has 3 rings (SSSR count). The molecule has 1 aliphatic rings. The summed E-state index contributed by atoms with van der Waals surface area (Å²) in [6.07, 6.45) is 8.86. The molecule has 2 aromatic rings. The van der Waals surface area contributed by atoms with E-state index in [1.807, 2.05) is 24.5 Å². The van der Waals surface area contributed by atoms with Gasteiger partial charge in [-0.25, -0.2) is 9.97 Å². The molecule has 2 aromatic heterocycles. The van der Waals surface area contributed by atoms with Crippen molar-refractivity contribution in [3.8, 4) is 0 Å². The van der Waals surface area contributed by atoms with E-state index in [9.17, 15) is 0 Å². The summed E-state index contributed by atoms with van der Waals surface area (Å²) < 4.78 is 0. The molecule has 0 spiro atoms. The van der Waals surface area contributed by atoms with Crippen LogP contribution in [0.1, 0.15) is 48.7 Å². The number of pyridine rings is 1. The molecule has 20 heavy (non-hydrogen) atoms. The quantitative estimate of drug-likeness (QED) is 0.926. The average molecular weight is 268 g/mol. The van der Waals surface area contributed by atoms with Crippen LogP contribution in [0.5, 0.6) is 0 Å². The number of hydrogen-bond acceptors (Lipinski definition) is 4. The zero-order valence-electron chi connectivity index (χ0n) is 11.8. The summed E-state index contributed by atoms with van der Waals surface area (Å²) in [6.45, 7) is 3.06. The average Bonchev–Trinajstić information content (AvgIpc) is 2.53. The summed E-state index contributed by atoms with van der Waals surface area (Å²) >= 11 is 0. The largest absolute Gasteiger partial charge is 0.308 e. The molecule has 0 amide bonds. The minimum Gasteiger partial charge on any atom is -0.308 e. The molecule has 2 atom stereocenters. The Labute approximate surface area is 119 Å². The first-order valence-corrected chi connectivity index (χ1v) is 7.33. The smallest absolute Gasteiger partial charge is 0.115 e. The highest BCUT2D eigenvalue weighted by Crippen LogP contribution is 2.38. The van der Waals surface area contributed by atoms with Crippen LogP contribution in [0.15, 0.2) is 36.9 Å². The molecule has 0 fully saturated rings. The van der Waals surface area contributed by atoms with Gasteiger partial charge in [-0.05, 0) is 43.5 Å². The van der Waals surface area contributed by atoms with Crippen LogP contribution in [-0.2, 0) is 6.42 Å². The Morgan fingerprint density at radius 2 is 2.25 bits per heavy atom. The third-order valence-corrected chi connectivity index (χ3v) is 3.99. The Balaban J connectivity index is 1.97. The fourth-order valence-corrected chi connectivity index (χ4v) is 3.13. The first kappa shape index (κ1) is 13.2. The number of aryl methyl sites for hydroxylation is 1. The van der Waals surface area contributed by atoms with E-state index in [2.05, 4.69) is 33.3 Å². The maximum atomic E-state index is 4.65. The van der Waals surface area contributed by atoms with Crippen LogP contribution in [0.3, 0.4) is 0 Å². The van der Waals surface area contributed by atoms with Crippen LogP contribution in [0.25, 0.3) is 0 Å². The lowest BCUT2D eigenvalue weighted by atomic mass is 9.81. The molecule has 0 aromatic carbocycles. The summed E-state index contributed by atoms with van der Waals surface area (Å²) in [4.78, 5) is 13.1. The molecule has 0 bridgehead atoms. The second-order valence-corrected chi connectivity index (χ2v) is 5.22. The predicted octanol–water partition coefficient (Wildman–Crippen LogP) is 2.64. The van der Waals surface area contributed by atoms with Crippen LogP contribution in [0.4, 0.5) is 0 Å². The van der Waals surface area contributed by atoms with Gasteiger partial charge in [-0.15, -0.1) is 0 Å². The molecule has 0 radical (unpaired) electrons. The summed E-state index contributed by atoms with van der Waals surface area (Å²) in [6, 6.07) is 6.47. The molecular formula is C16H20N4. The highest BCUT2D eigenvalue weighted by molar-refractivity contribution is 5.29. The number of likely N-dealkylation sites (N-methyl/N-ethyl adjacent to an activating group) is 1. The van der Waals surface area contributed by atoms with E-state index in [0.717, 1.165) is 25.1 Å². The number of rotatable bonds is 4. The third kappa shape index (κ3) is 2.56. The monoisotopic (exact) mass is 268 g/mol. The van der Waals surface area contributed by atoms with Gasteiger partial charge in [-0.2, -0.15) is 0 Å². The van der Waals surface area contributed by atoms with Gasteiger partial charge >= 0.3 is 0 Å². The minimum atomic E-state index is 0.219. The van der Waals surface area contributed by atoms with Crippen molar-refractivity contribution in [1.82, 2.24) is 20.3 Å². The van der Waals surface area contributed by atoms with Crippen molar-refractivity contribution in [2.75, 3.05) is 6.54 Å². The predicted molar refractivity (Wildman–Crippen MR) is 78.4 cm³/mol. The summed E-state index contributed by atoms with van der Waals surface area (Å²) in [5.74, 6) is 0.398.